The van der Waals surface area contributed by atoms with Gasteiger partial charge < -0.3 is 14.6 Å². The molecule has 5 nitrogen and oxygen atoms in total. The van der Waals surface area contributed by atoms with E-state index in [1.165, 1.54) is 6.20 Å². The summed E-state index contributed by atoms with van der Waals surface area (Å²) < 4.78 is 11.0. The molecule has 0 fully saturated rings. The Bertz CT molecular complexity index is 674. The molecular weight excluding hydrogens is 290 g/mol. The third-order valence-corrected chi connectivity index (χ3v) is 4.03. The standard InChI is InChI=1S/C15H13NO4S/c17-15(18)12-7-10(3-4-16-12)9-21-11-1-2-13-14(8-11)20-6-5-19-13/h1-4,7-8H,5-6,9H2,(H,17,18). The number of aromatic nitrogens is 1. The molecule has 1 aliphatic rings. The minimum Gasteiger partial charge on any atom is -0.486 e. The molecule has 0 radical (unpaired) electrons. The van der Waals surface area contributed by atoms with Gasteiger partial charge in [0.05, 0.1) is 0 Å². The Balaban J connectivity index is 1.70. The van der Waals surface area contributed by atoms with E-state index in [1.54, 1.807) is 17.8 Å². The quantitative estimate of drug-likeness (QED) is 0.876. The zero-order valence-electron chi connectivity index (χ0n) is 11.1. The summed E-state index contributed by atoms with van der Waals surface area (Å²) in [5.74, 6) is 1.18. The molecule has 3 rings (SSSR count). The minimum absolute atomic E-state index is 0.0651. The van der Waals surface area contributed by atoms with E-state index in [2.05, 4.69) is 4.98 Å². The molecule has 0 unspecified atom stereocenters. The highest BCUT2D eigenvalue weighted by Crippen LogP contribution is 2.35. The van der Waals surface area contributed by atoms with E-state index < -0.39 is 5.97 Å². The first-order chi connectivity index (χ1) is 10.2. The van der Waals surface area contributed by atoms with Gasteiger partial charge in [0.1, 0.15) is 18.9 Å². The maximum atomic E-state index is 10.9. The van der Waals surface area contributed by atoms with Crippen LogP contribution in [0.4, 0.5) is 0 Å². The first-order valence-corrected chi connectivity index (χ1v) is 7.41. The molecule has 6 heteroatoms. The van der Waals surface area contributed by atoms with Crippen LogP contribution in [0.5, 0.6) is 11.5 Å². The van der Waals surface area contributed by atoms with Crippen molar-refractivity contribution in [3.63, 3.8) is 0 Å². The molecule has 0 aliphatic carbocycles. The van der Waals surface area contributed by atoms with Crippen LogP contribution in [0.15, 0.2) is 41.4 Å². The average Bonchev–Trinajstić information content (AvgIpc) is 2.53. The van der Waals surface area contributed by atoms with Gasteiger partial charge in [-0.25, -0.2) is 9.78 Å². The number of carbonyl (C=O) groups is 1. The Labute approximate surface area is 125 Å². The van der Waals surface area contributed by atoms with E-state index in [1.807, 2.05) is 24.3 Å². The van der Waals surface area contributed by atoms with Crippen molar-refractivity contribution in [3.8, 4) is 11.5 Å². The molecular formula is C15H13NO4S. The predicted molar refractivity (Wildman–Crippen MR) is 78.2 cm³/mol. The van der Waals surface area contributed by atoms with Crippen LogP contribution in [0.1, 0.15) is 16.1 Å². The summed E-state index contributed by atoms with van der Waals surface area (Å²) in [6.45, 7) is 1.14. The molecule has 1 N–H and O–H groups in total. The number of aromatic carboxylic acids is 1. The molecule has 0 atom stereocenters. The fourth-order valence-corrected chi connectivity index (χ4v) is 2.83. The average molecular weight is 303 g/mol. The van der Waals surface area contributed by atoms with Gasteiger partial charge in [-0.15, -0.1) is 11.8 Å². The number of carboxylic acids is 1. The van der Waals surface area contributed by atoms with Crippen LogP contribution in [0.3, 0.4) is 0 Å². The molecule has 1 aromatic carbocycles. The van der Waals surface area contributed by atoms with Crippen molar-refractivity contribution in [2.24, 2.45) is 0 Å². The molecule has 0 bridgehead atoms. The lowest BCUT2D eigenvalue weighted by Gasteiger charge is -2.18. The molecule has 2 aromatic rings. The maximum absolute atomic E-state index is 10.9. The number of hydrogen-bond donors (Lipinski definition) is 1. The van der Waals surface area contributed by atoms with Crippen molar-refractivity contribution in [2.45, 2.75) is 10.6 Å². The first-order valence-electron chi connectivity index (χ1n) is 6.43. The topological polar surface area (TPSA) is 68.7 Å². The summed E-state index contributed by atoms with van der Waals surface area (Å²) in [7, 11) is 0. The predicted octanol–water partition coefficient (Wildman–Crippen LogP) is 2.84. The first kappa shape index (κ1) is 13.8. The van der Waals surface area contributed by atoms with Gasteiger partial charge in [-0.3, -0.25) is 0 Å². The highest BCUT2D eigenvalue weighted by atomic mass is 32.2. The lowest BCUT2D eigenvalue weighted by molar-refractivity contribution is 0.0690. The number of carboxylic acid groups (broad SMARTS) is 1. The zero-order valence-corrected chi connectivity index (χ0v) is 11.9. The largest absolute Gasteiger partial charge is 0.486 e. The SMILES string of the molecule is O=C(O)c1cc(CSc2ccc3c(c2)OCCO3)ccn1. The van der Waals surface area contributed by atoms with Crippen LogP contribution in [0, 0.1) is 0 Å². The van der Waals surface area contributed by atoms with Crippen molar-refractivity contribution in [1.29, 1.82) is 0 Å². The number of hydrogen-bond acceptors (Lipinski definition) is 5. The Kier molecular flexibility index (Phi) is 3.96. The Morgan fingerprint density at radius 1 is 1.19 bits per heavy atom. The van der Waals surface area contributed by atoms with E-state index >= 15 is 0 Å². The number of benzene rings is 1. The van der Waals surface area contributed by atoms with Crippen molar-refractivity contribution >= 4 is 17.7 Å². The maximum Gasteiger partial charge on any atom is 0.354 e. The van der Waals surface area contributed by atoms with Crippen LogP contribution in [0.2, 0.25) is 0 Å². The molecule has 1 aromatic heterocycles. The van der Waals surface area contributed by atoms with Crippen LogP contribution in [0.25, 0.3) is 0 Å². The summed E-state index contributed by atoms with van der Waals surface area (Å²) in [5.41, 5.74) is 0.984. The van der Waals surface area contributed by atoms with E-state index in [4.69, 9.17) is 14.6 Å². The Morgan fingerprint density at radius 3 is 2.81 bits per heavy atom. The molecule has 21 heavy (non-hydrogen) atoms. The van der Waals surface area contributed by atoms with Gasteiger partial charge in [-0.05, 0) is 35.9 Å². The van der Waals surface area contributed by atoms with Crippen molar-refractivity contribution in [3.05, 3.63) is 47.8 Å². The minimum atomic E-state index is -1.01. The van der Waals surface area contributed by atoms with Crippen molar-refractivity contribution in [1.82, 2.24) is 4.98 Å². The Hall–Kier alpha value is -2.21. The summed E-state index contributed by atoms with van der Waals surface area (Å²) in [6, 6.07) is 9.22. The number of nitrogens with zero attached hydrogens (tertiary/aromatic N) is 1. The number of rotatable bonds is 4. The smallest absolute Gasteiger partial charge is 0.354 e. The third-order valence-electron chi connectivity index (χ3n) is 2.96. The van der Waals surface area contributed by atoms with Crippen LogP contribution >= 0.6 is 11.8 Å². The lowest BCUT2D eigenvalue weighted by Crippen LogP contribution is -2.15. The fraction of sp³-hybridized carbons (Fsp3) is 0.200. The molecule has 2 heterocycles. The fourth-order valence-electron chi connectivity index (χ4n) is 1.96. The van der Waals surface area contributed by atoms with E-state index in [0.717, 1.165) is 22.0 Å². The zero-order chi connectivity index (χ0) is 14.7. The number of thioether (sulfide) groups is 1. The van der Waals surface area contributed by atoms with Gasteiger partial charge in [0.15, 0.2) is 11.5 Å². The second-order valence-electron chi connectivity index (χ2n) is 4.45. The highest BCUT2D eigenvalue weighted by Gasteiger charge is 2.12. The van der Waals surface area contributed by atoms with E-state index in [0.29, 0.717) is 19.0 Å². The number of pyridine rings is 1. The summed E-state index contributed by atoms with van der Waals surface area (Å²) in [4.78, 5) is 15.7. The van der Waals surface area contributed by atoms with Gasteiger partial charge in [0.25, 0.3) is 0 Å². The molecule has 0 saturated heterocycles. The lowest BCUT2D eigenvalue weighted by atomic mass is 10.2. The van der Waals surface area contributed by atoms with Crippen LogP contribution < -0.4 is 9.47 Å². The highest BCUT2D eigenvalue weighted by molar-refractivity contribution is 7.98. The van der Waals surface area contributed by atoms with Gasteiger partial charge in [0.2, 0.25) is 0 Å². The third kappa shape index (κ3) is 3.28. The van der Waals surface area contributed by atoms with Gasteiger partial charge in [0, 0.05) is 16.8 Å². The second-order valence-corrected chi connectivity index (χ2v) is 5.50. The monoisotopic (exact) mass is 303 g/mol. The second kappa shape index (κ2) is 6.05. The van der Waals surface area contributed by atoms with Crippen molar-refractivity contribution < 1.29 is 19.4 Å². The van der Waals surface area contributed by atoms with Gasteiger partial charge in [-0.2, -0.15) is 0 Å². The number of fused-ring (bicyclic) bond motifs is 1. The molecule has 0 amide bonds. The van der Waals surface area contributed by atoms with Crippen molar-refractivity contribution in [2.75, 3.05) is 13.2 Å². The normalized spacial score (nSPS) is 13.0. The molecule has 108 valence electrons. The molecule has 0 spiro atoms. The Morgan fingerprint density at radius 2 is 2.00 bits per heavy atom. The van der Waals surface area contributed by atoms with Crippen LogP contribution in [-0.4, -0.2) is 29.3 Å². The van der Waals surface area contributed by atoms with Gasteiger partial charge >= 0.3 is 5.97 Å². The van der Waals surface area contributed by atoms with E-state index in [-0.39, 0.29) is 5.69 Å². The summed E-state index contributed by atoms with van der Waals surface area (Å²) >= 11 is 1.61. The summed E-state index contributed by atoms with van der Waals surface area (Å²) in [5, 5.41) is 8.93. The number of ether oxygens (including phenoxy) is 2. The van der Waals surface area contributed by atoms with Gasteiger partial charge in [-0.1, -0.05) is 0 Å². The van der Waals surface area contributed by atoms with Crippen LogP contribution in [-0.2, 0) is 5.75 Å². The van der Waals surface area contributed by atoms with E-state index in [9.17, 15) is 4.79 Å². The molecule has 0 saturated carbocycles. The summed E-state index contributed by atoms with van der Waals surface area (Å²) in [6.07, 6.45) is 1.52. The molecule has 1 aliphatic heterocycles.